The maximum atomic E-state index is 5.92. The number of ether oxygens (including phenoxy) is 1. The fourth-order valence-corrected chi connectivity index (χ4v) is 1.68. The zero-order valence-corrected chi connectivity index (χ0v) is 10.1. The van der Waals surface area contributed by atoms with Crippen LogP contribution in [0.5, 0.6) is 5.88 Å². The van der Waals surface area contributed by atoms with Crippen LogP contribution in [0.15, 0.2) is 36.5 Å². The van der Waals surface area contributed by atoms with Gasteiger partial charge in [-0.2, -0.15) is 0 Å². The molecule has 0 amide bonds. The predicted octanol–water partition coefficient (Wildman–Crippen LogP) is 2.86. The maximum absolute atomic E-state index is 5.92. The molecule has 0 radical (unpaired) electrons. The third kappa shape index (κ3) is 2.56. The topological polar surface area (TPSA) is 48.1 Å². The minimum atomic E-state index is 0.455. The van der Waals surface area contributed by atoms with E-state index in [1.54, 1.807) is 6.20 Å². The summed E-state index contributed by atoms with van der Waals surface area (Å²) in [5, 5.41) is 0. The molecular weight excluding hydrogens is 212 g/mol. The Kier molecular flexibility index (Phi) is 3.28. The van der Waals surface area contributed by atoms with E-state index in [4.69, 9.17) is 10.5 Å². The number of nitrogens with two attached hydrogens (primary N) is 1. The third-order valence-corrected chi connectivity index (χ3v) is 2.76. The van der Waals surface area contributed by atoms with Gasteiger partial charge in [-0.3, -0.25) is 0 Å². The molecule has 0 saturated carbocycles. The highest BCUT2D eigenvalue weighted by Crippen LogP contribution is 2.20. The van der Waals surface area contributed by atoms with Crippen LogP contribution < -0.4 is 10.5 Å². The van der Waals surface area contributed by atoms with Crippen LogP contribution in [-0.4, -0.2) is 4.98 Å². The van der Waals surface area contributed by atoms with E-state index in [1.165, 1.54) is 0 Å². The Bertz CT molecular complexity index is 503. The smallest absolute Gasteiger partial charge is 0.216 e. The summed E-state index contributed by atoms with van der Waals surface area (Å²) in [5.74, 6) is 0.662. The number of hydrogen-bond acceptors (Lipinski definition) is 3. The summed E-state index contributed by atoms with van der Waals surface area (Å²) in [7, 11) is 0. The molecule has 3 nitrogen and oxygen atoms in total. The Labute approximate surface area is 101 Å². The number of nitrogens with zero attached hydrogens (tertiary/aromatic N) is 1. The molecule has 0 aliphatic carbocycles. The zero-order valence-electron chi connectivity index (χ0n) is 10.1. The average Bonchev–Trinajstić information content (AvgIpc) is 2.30. The van der Waals surface area contributed by atoms with Crippen molar-refractivity contribution in [1.82, 2.24) is 4.98 Å². The predicted molar refractivity (Wildman–Crippen MR) is 68.9 cm³/mol. The first-order chi connectivity index (χ1) is 8.18. The van der Waals surface area contributed by atoms with Crippen molar-refractivity contribution < 1.29 is 4.74 Å². The highest BCUT2D eigenvalue weighted by Gasteiger charge is 2.05. The van der Waals surface area contributed by atoms with Crippen LogP contribution in [0.4, 0.5) is 5.69 Å². The monoisotopic (exact) mass is 228 g/mol. The normalized spacial score (nSPS) is 10.2. The van der Waals surface area contributed by atoms with E-state index in [9.17, 15) is 0 Å². The van der Waals surface area contributed by atoms with Crippen molar-refractivity contribution in [2.24, 2.45) is 0 Å². The Hall–Kier alpha value is -2.03. The lowest BCUT2D eigenvalue weighted by atomic mass is 10.1. The highest BCUT2D eigenvalue weighted by atomic mass is 16.5. The minimum Gasteiger partial charge on any atom is -0.473 e. The zero-order chi connectivity index (χ0) is 12.3. The van der Waals surface area contributed by atoms with Gasteiger partial charge in [0.2, 0.25) is 5.88 Å². The van der Waals surface area contributed by atoms with Gasteiger partial charge in [0.05, 0.1) is 0 Å². The number of nitrogen functional groups attached to an aromatic ring is 1. The van der Waals surface area contributed by atoms with E-state index in [2.05, 4.69) is 4.98 Å². The number of hydrogen-bond donors (Lipinski definition) is 1. The van der Waals surface area contributed by atoms with Gasteiger partial charge in [0.15, 0.2) is 0 Å². The number of rotatable bonds is 3. The van der Waals surface area contributed by atoms with Gasteiger partial charge in [-0.05, 0) is 31.5 Å². The molecule has 2 rings (SSSR count). The number of pyridine rings is 1. The van der Waals surface area contributed by atoms with Crippen LogP contribution in [-0.2, 0) is 6.61 Å². The molecule has 0 saturated heterocycles. The van der Waals surface area contributed by atoms with Crippen molar-refractivity contribution in [2.45, 2.75) is 20.5 Å². The summed E-state index contributed by atoms with van der Waals surface area (Å²) in [6.45, 7) is 4.46. The quantitative estimate of drug-likeness (QED) is 0.822. The van der Waals surface area contributed by atoms with E-state index in [0.717, 1.165) is 22.4 Å². The van der Waals surface area contributed by atoms with Crippen molar-refractivity contribution >= 4 is 5.69 Å². The first kappa shape index (κ1) is 11.5. The largest absolute Gasteiger partial charge is 0.473 e. The second kappa shape index (κ2) is 4.87. The van der Waals surface area contributed by atoms with Crippen LogP contribution in [0.25, 0.3) is 0 Å². The van der Waals surface area contributed by atoms with Gasteiger partial charge in [0, 0.05) is 23.0 Å². The summed E-state index contributed by atoms with van der Waals surface area (Å²) in [5.41, 5.74) is 9.88. The van der Waals surface area contributed by atoms with E-state index in [-0.39, 0.29) is 0 Å². The lowest BCUT2D eigenvalue weighted by molar-refractivity contribution is 0.291. The molecule has 0 aliphatic rings. The van der Waals surface area contributed by atoms with Crippen LogP contribution in [0.1, 0.15) is 16.7 Å². The summed E-state index contributed by atoms with van der Waals surface area (Å²) in [4.78, 5) is 4.19. The average molecular weight is 228 g/mol. The van der Waals surface area contributed by atoms with E-state index >= 15 is 0 Å². The highest BCUT2D eigenvalue weighted by molar-refractivity contribution is 5.50. The molecule has 0 unspecified atom stereocenters. The third-order valence-electron chi connectivity index (χ3n) is 2.76. The van der Waals surface area contributed by atoms with Gasteiger partial charge in [-0.15, -0.1) is 0 Å². The molecule has 0 atom stereocenters. The Balaban J connectivity index is 2.16. The fourth-order valence-electron chi connectivity index (χ4n) is 1.68. The molecule has 88 valence electrons. The summed E-state index contributed by atoms with van der Waals surface area (Å²) in [6.07, 6.45) is 1.73. The van der Waals surface area contributed by atoms with Crippen LogP contribution in [0, 0.1) is 13.8 Å². The molecule has 0 fully saturated rings. The first-order valence-electron chi connectivity index (χ1n) is 5.57. The Morgan fingerprint density at radius 3 is 2.59 bits per heavy atom. The van der Waals surface area contributed by atoms with Gasteiger partial charge in [0.1, 0.15) is 6.61 Å². The Morgan fingerprint density at radius 1 is 1.12 bits per heavy atom. The van der Waals surface area contributed by atoms with E-state index in [0.29, 0.717) is 12.5 Å². The summed E-state index contributed by atoms with van der Waals surface area (Å²) in [6, 6.07) is 9.73. The second-order valence-electron chi connectivity index (χ2n) is 4.06. The fraction of sp³-hybridized carbons (Fsp3) is 0.214. The molecule has 1 aromatic heterocycles. The SMILES string of the molecule is Cc1cccnc1OCc1c(C)cccc1N. The molecule has 1 aromatic carbocycles. The number of aromatic nitrogens is 1. The first-order valence-corrected chi connectivity index (χ1v) is 5.57. The molecule has 0 aliphatic heterocycles. The van der Waals surface area contributed by atoms with Gasteiger partial charge in [-0.25, -0.2) is 4.98 Å². The summed E-state index contributed by atoms with van der Waals surface area (Å²) >= 11 is 0. The molecule has 17 heavy (non-hydrogen) atoms. The molecule has 0 bridgehead atoms. The van der Waals surface area contributed by atoms with Crippen molar-refractivity contribution in [3.05, 3.63) is 53.2 Å². The molecule has 1 heterocycles. The standard InChI is InChI=1S/C14H16N2O/c1-10-5-3-7-13(15)12(10)9-17-14-11(2)6-4-8-16-14/h3-8H,9,15H2,1-2H3. The lowest BCUT2D eigenvalue weighted by Crippen LogP contribution is -2.04. The molecular formula is C14H16N2O. The second-order valence-corrected chi connectivity index (χ2v) is 4.06. The summed E-state index contributed by atoms with van der Waals surface area (Å²) < 4.78 is 5.69. The van der Waals surface area contributed by atoms with Crippen LogP contribution in [0.2, 0.25) is 0 Å². The van der Waals surface area contributed by atoms with Gasteiger partial charge in [0.25, 0.3) is 0 Å². The van der Waals surface area contributed by atoms with E-state index in [1.807, 2.05) is 44.2 Å². The molecule has 0 spiro atoms. The maximum Gasteiger partial charge on any atom is 0.216 e. The van der Waals surface area contributed by atoms with Crippen molar-refractivity contribution in [1.29, 1.82) is 0 Å². The van der Waals surface area contributed by atoms with Crippen molar-refractivity contribution in [2.75, 3.05) is 5.73 Å². The number of aryl methyl sites for hydroxylation is 2. The van der Waals surface area contributed by atoms with Gasteiger partial charge < -0.3 is 10.5 Å². The molecule has 2 aromatic rings. The van der Waals surface area contributed by atoms with Crippen molar-refractivity contribution in [3.8, 4) is 5.88 Å². The van der Waals surface area contributed by atoms with E-state index < -0.39 is 0 Å². The molecule has 3 heteroatoms. The number of benzene rings is 1. The van der Waals surface area contributed by atoms with Crippen LogP contribution in [0.3, 0.4) is 0 Å². The van der Waals surface area contributed by atoms with Gasteiger partial charge in [-0.1, -0.05) is 18.2 Å². The number of anilines is 1. The molecule has 2 N–H and O–H groups in total. The lowest BCUT2D eigenvalue weighted by Gasteiger charge is -2.11. The van der Waals surface area contributed by atoms with Gasteiger partial charge >= 0.3 is 0 Å². The van der Waals surface area contributed by atoms with Crippen LogP contribution >= 0.6 is 0 Å². The minimum absolute atomic E-state index is 0.455. The Morgan fingerprint density at radius 2 is 1.88 bits per heavy atom. The van der Waals surface area contributed by atoms with Crippen molar-refractivity contribution in [3.63, 3.8) is 0 Å².